The van der Waals surface area contributed by atoms with Crippen molar-refractivity contribution in [1.82, 2.24) is 5.32 Å². The summed E-state index contributed by atoms with van der Waals surface area (Å²) in [5.74, 6) is 0.144. The summed E-state index contributed by atoms with van der Waals surface area (Å²) in [5.41, 5.74) is 3.33. The van der Waals surface area contributed by atoms with E-state index in [1.54, 1.807) is 48.5 Å². The van der Waals surface area contributed by atoms with Crippen molar-refractivity contribution in [3.05, 3.63) is 89.5 Å². The average molecular weight is 448 g/mol. The Hall–Kier alpha value is -3.71. The van der Waals surface area contributed by atoms with Crippen molar-refractivity contribution >= 4 is 40.5 Å². The van der Waals surface area contributed by atoms with E-state index in [4.69, 9.17) is 17.0 Å². The molecule has 3 aromatic rings. The summed E-state index contributed by atoms with van der Waals surface area (Å²) >= 11 is 5.25. The van der Waals surface area contributed by atoms with E-state index in [0.717, 1.165) is 12.0 Å². The number of rotatable bonds is 7. The molecule has 0 bridgehead atoms. The smallest absolute Gasteiger partial charge is 0.257 e. The summed E-state index contributed by atoms with van der Waals surface area (Å²) in [4.78, 5) is 24.9. The summed E-state index contributed by atoms with van der Waals surface area (Å²) in [6, 6.07) is 21.4. The molecular formula is C25H25N3O3S. The van der Waals surface area contributed by atoms with Gasteiger partial charge in [-0.2, -0.15) is 0 Å². The zero-order chi connectivity index (χ0) is 22.9. The van der Waals surface area contributed by atoms with Crippen molar-refractivity contribution in [2.24, 2.45) is 0 Å². The fourth-order valence-corrected chi connectivity index (χ4v) is 3.16. The monoisotopic (exact) mass is 447 g/mol. The van der Waals surface area contributed by atoms with Crippen LogP contribution in [0.25, 0.3) is 0 Å². The molecule has 0 fully saturated rings. The lowest BCUT2D eigenvalue weighted by atomic mass is 10.1. The molecule has 0 spiro atoms. The number of ether oxygens (including phenoxy) is 1. The number of anilines is 2. The fraction of sp³-hybridized carbons (Fsp3) is 0.160. The predicted molar refractivity (Wildman–Crippen MR) is 131 cm³/mol. The second-order valence-corrected chi connectivity index (χ2v) is 7.54. The number of hydrogen-bond donors (Lipinski definition) is 3. The van der Waals surface area contributed by atoms with Crippen LogP contribution in [0.15, 0.2) is 72.8 Å². The van der Waals surface area contributed by atoms with Crippen molar-refractivity contribution in [2.45, 2.75) is 20.3 Å². The van der Waals surface area contributed by atoms with Gasteiger partial charge in [-0.25, -0.2) is 0 Å². The van der Waals surface area contributed by atoms with Crippen LogP contribution in [0.1, 0.15) is 39.6 Å². The Morgan fingerprint density at radius 2 is 1.56 bits per heavy atom. The molecule has 0 heterocycles. The molecule has 6 nitrogen and oxygen atoms in total. The summed E-state index contributed by atoms with van der Waals surface area (Å²) in [7, 11) is 0. The van der Waals surface area contributed by atoms with Gasteiger partial charge in [-0.3, -0.25) is 14.9 Å². The highest BCUT2D eigenvalue weighted by Crippen LogP contribution is 2.17. The molecule has 3 aromatic carbocycles. The average Bonchev–Trinajstić information content (AvgIpc) is 2.79. The number of benzene rings is 3. The molecule has 2 amide bonds. The molecule has 0 saturated heterocycles. The van der Waals surface area contributed by atoms with E-state index in [0.29, 0.717) is 34.9 Å². The minimum Gasteiger partial charge on any atom is -0.494 e. The Kier molecular flexibility index (Phi) is 7.94. The second kappa shape index (κ2) is 11.1. The zero-order valence-electron chi connectivity index (χ0n) is 18.0. The van der Waals surface area contributed by atoms with Crippen LogP contribution in [0.3, 0.4) is 0 Å². The maximum Gasteiger partial charge on any atom is 0.257 e. The van der Waals surface area contributed by atoms with Gasteiger partial charge >= 0.3 is 0 Å². The molecule has 0 aromatic heterocycles. The van der Waals surface area contributed by atoms with Crippen LogP contribution < -0.4 is 20.7 Å². The highest BCUT2D eigenvalue weighted by Gasteiger charge is 2.10. The van der Waals surface area contributed by atoms with Crippen molar-refractivity contribution in [3.63, 3.8) is 0 Å². The van der Waals surface area contributed by atoms with Crippen LogP contribution in [-0.4, -0.2) is 23.5 Å². The Morgan fingerprint density at radius 3 is 2.25 bits per heavy atom. The van der Waals surface area contributed by atoms with E-state index in [-0.39, 0.29) is 16.9 Å². The normalized spacial score (nSPS) is 10.2. The molecule has 0 aliphatic heterocycles. The Balaban J connectivity index is 1.55. The largest absolute Gasteiger partial charge is 0.494 e. The van der Waals surface area contributed by atoms with Crippen LogP contribution in [0.4, 0.5) is 11.4 Å². The first-order valence-electron chi connectivity index (χ1n) is 10.3. The molecule has 0 unspecified atom stereocenters. The third kappa shape index (κ3) is 6.39. The van der Waals surface area contributed by atoms with Gasteiger partial charge in [0.15, 0.2) is 5.11 Å². The number of amides is 2. The van der Waals surface area contributed by atoms with Crippen molar-refractivity contribution < 1.29 is 14.3 Å². The molecule has 0 radical (unpaired) electrons. The minimum absolute atomic E-state index is 0.170. The first-order chi connectivity index (χ1) is 15.5. The standard InChI is InChI=1S/C25H25N3O3S/c1-3-15-31-21-9-6-8-18(16-21)23(29)28-25(32)27-20-13-11-19(12-14-20)26-24(30)22-10-5-4-7-17(22)2/h4-14,16H,3,15H2,1-2H3,(H,26,30)(H2,27,28,29,32). The van der Waals surface area contributed by atoms with Crippen LogP contribution in [0.5, 0.6) is 5.75 Å². The van der Waals surface area contributed by atoms with E-state index >= 15 is 0 Å². The summed E-state index contributed by atoms with van der Waals surface area (Å²) in [6.07, 6.45) is 0.888. The number of thiocarbonyl (C=S) groups is 1. The molecule has 0 aliphatic rings. The Labute approximate surface area is 193 Å². The molecular weight excluding hydrogens is 422 g/mol. The zero-order valence-corrected chi connectivity index (χ0v) is 18.8. The number of aryl methyl sites for hydroxylation is 1. The van der Waals surface area contributed by atoms with Gasteiger partial charge in [0, 0.05) is 22.5 Å². The maximum absolute atomic E-state index is 12.5. The third-order valence-electron chi connectivity index (χ3n) is 4.59. The van der Waals surface area contributed by atoms with E-state index in [1.165, 1.54) is 0 Å². The van der Waals surface area contributed by atoms with Gasteiger partial charge in [0.05, 0.1) is 6.61 Å². The van der Waals surface area contributed by atoms with Crippen LogP contribution in [0, 0.1) is 6.92 Å². The molecule has 3 N–H and O–H groups in total. The van der Waals surface area contributed by atoms with Gasteiger partial charge in [0.1, 0.15) is 5.75 Å². The van der Waals surface area contributed by atoms with Crippen molar-refractivity contribution in [2.75, 3.05) is 17.2 Å². The SMILES string of the molecule is CCCOc1cccc(C(=O)NC(=S)Nc2ccc(NC(=O)c3ccccc3C)cc2)c1. The van der Waals surface area contributed by atoms with Crippen LogP contribution >= 0.6 is 12.2 Å². The fourth-order valence-electron chi connectivity index (χ4n) is 2.95. The molecule has 7 heteroatoms. The van der Waals surface area contributed by atoms with E-state index in [9.17, 15) is 9.59 Å². The van der Waals surface area contributed by atoms with E-state index in [2.05, 4.69) is 16.0 Å². The minimum atomic E-state index is -0.327. The molecule has 32 heavy (non-hydrogen) atoms. The molecule has 3 rings (SSSR count). The van der Waals surface area contributed by atoms with Crippen molar-refractivity contribution in [1.29, 1.82) is 0 Å². The maximum atomic E-state index is 12.5. The van der Waals surface area contributed by atoms with Crippen LogP contribution in [-0.2, 0) is 0 Å². The van der Waals surface area contributed by atoms with Gasteiger partial charge in [-0.05, 0) is 79.7 Å². The number of carbonyl (C=O) groups is 2. The summed E-state index contributed by atoms with van der Waals surface area (Å²) < 4.78 is 5.56. The lowest BCUT2D eigenvalue weighted by Gasteiger charge is -2.12. The van der Waals surface area contributed by atoms with Gasteiger partial charge in [-0.1, -0.05) is 31.2 Å². The summed E-state index contributed by atoms with van der Waals surface area (Å²) in [5, 5.41) is 8.67. The van der Waals surface area contributed by atoms with Gasteiger partial charge in [0.2, 0.25) is 0 Å². The molecule has 0 atom stereocenters. The molecule has 0 saturated carbocycles. The predicted octanol–water partition coefficient (Wildman–Crippen LogP) is 5.16. The van der Waals surface area contributed by atoms with Gasteiger partial charge in [0.25, 0.3) is 11.8 Å². The van der Waals surface area contributed by atoms with Gasteiger partial charge in [-0.15, -0.1) is 0 Å². The Bertz CT molecular complexity index is 1110. The topological polar surface area (TPSA) is 79.5 Å². The lowest BCUT2D eigenvalue weighted by molar-refractivity contribution is 0.0976. The highest BCUT2D eigenvalue weighted by molar-refractivity contribution is 7.80. The molecule has 0 aliphatic carbocycles. The van der Waals surface area contributed by atoms with Crippen molar-refractivity contribution in [3.8, 4) is 5.75 Å². The number of nitrogens with one attached hydrogen (secondary N) is 3. The van der Waals surface area contributed by atoms with Gasteiger partial charge < -0.3 is 15.4 Å². The number of hydrogen-bond acceptors (Lipinski definition) is 4. The third-order valence-corrected chi connectivity index (χ3v) is 4.79. The van der Waals surface area contributed by atoms with E-state index < -0.39 is 0 Å². The first kappa shape index (κ1) is 23.0. The van der Waals surface area contributed by atoms with Crippen LogP contribution in [0.2, 0.25) is 0 Å². The second-order valence-electron chi connectivity index (χ2n) is 7.13. The highest BCUT2D eigenvalue weighted by atomic mass is 32.1. The quantitative estimate of drug-likeness (QED) is 0.436. The molecule has 164 valence electrons. The summed E-state index contributed by atoms with van der Waals surface area (Å²) in [6.45, 7) is 4.50. The Morgan fingerprint density at radius 1 is 0.875 bits per heavy atom. The van der Waals surface area contributed by atoms with E-state index in [1.807, 2.05) is 38.1 Å². The first-order valence-corrected chi connectivity index (χ1v) is 10.7. The lowest BCUT2D eigenvalue weighted by Crippen LogP contribution is -2.34. The number of carbonyl (C=O) groups excluding carboxylic acids is 2.